The van der Waals surface area contributed by atoms with Gasteiger partial charge in [0.05, 0.1) is 30.1 Å². The lowest BCUT2D eigenvalue weighted by molar-refractivity contribution is -0.117. The fraction of sp³-hybridized carbons (Fsp3) is 0.208. The molecule has 0 bridgehead atoms. The minimum atomic E-state index is -0.161. The number of nitriles is 1. The number of allylic oxidation sites excluding steroid dienone is 6. The van der Waals surface area contributed by atoms with E-state index >= 15 is 0 Å². The summed E-state index contributed by atoms with van der Waals surface area (Å²) >= 11 is 0. The van der Waals surface area contributed by atoms with Crippen LogP contribution in [0.1, 0.15) is 36.6 Å². The van der Waals surface area contributed by atoms with Gasteiger partial charge in [0.15, 0.2) is 0 Å². The molecule has 1 aromatic heterocycles. The van der Waals surface area contributed by atoms with Crippen LogP contribution in [0.5, 0.6) is 0 Å². The normalized spacial score (nSPS) is 17.6. The highest BCUT2D eigenvalue weighted by Gasteiger charge is 2.22. The Morgan fingerprint density at radius 2 is 2.24 bits per heavy atom. The summed E-state index contributed by atoms with van der Waals surface area (Å²) in [6.07, 6.45) is 15.6. The van der Waals surface area contributed by atoms with Gasteiger partial charge in [-0.15, -0.1) is 6.58 Å². The maximum absolute atomic E-state index is 12.3. The zero-order chi connectivity index (χ0) is 20.6. The Kier molecular flexibility index (Phi) is 6.59. The van der Waals surface area contributed by atoms with Crippen molar-refractivity contribution in [1.82, 2.24) is 14.9 Å². The van der Waals surface area contributed by atoms with Gasteiger partial charge < -0.3 is 9.88 Å². The fourth-order valence-electron chi connectivity index (χ4n) is 3.45. The van der Waals surface area contributed by atoms with Gasteiger partial charge in [-0.1, -0.05) is 36.4 Å². The van der Waals surface area contributed by atoms with E-state index in [9.17, 15) is 10.1 Å². The number of hydrogen-bond acceptors (Lipinski definition) is 3. The third-order valence-electron chi connectivity index (χ3n) is 4.92. The molecule has 0 saturated carbocycles. The van der Waals surface area contributed by atoms with Gasteiger partial charge >= 0.3 is 0 Å². The maximum atomic E-state index is 12.3. The topological polar surface area (TPSA) is 70.7 Å². The molecule has 1 aliphatic rings. The highest BCUT2D eigenvalue weighted by molar-refractivity contribution is 5.88. The molecule has 1 aromatic carbocycles. The number of hydrogen-bond donors (Lipinski definition) is 1. The van der Waals surface area contributed by atoms with E-state index in [4.69, 9.17) is 0 Å². The van der Waals surface area contributed by atoms with Gasteiger partial charge in [-0.25, -0.2) is 4.98 Å². The number of fused-ring (bicyclic) bond motifs is 1. The summed E-state index contributed by atoms with van der Waals surface area (Å²) in [5.74, 6) is -0.135. The van der Waals surface area contributed by atoms with Gasteiger partial charge in [0.2, 0.25) is 5.91 Å². The maximum Gasteiger partial charge on any atom is 0.244 e. The number of imidazole rings is 1. The van der Waals surface area contributed by atoms with Crippen LogP contribution in [0.25, 0.3) is 0 Å². The predicted molar refractivity (Wildman–Crippen MR) is 114 cm³/mol. The third kappa shape index (κ3) is 5.20. The van der Waals surface area contributed by atoms with Crippen LogP contribution in [0.3, 0.4) is 0 Å². The van der Waals surface area contributed by atoms with Crippen molar-refractivity contribution in [2.75, 3.05) is 0 Å². The van der Waals surface area contributed by atoms with E-state index in [1.807, 2.05) is 35.9 Å². The Hall–Kier alpha value is -3.65. The Labute approximate surface area is 171 Å². The average molecular weight is 384 g/mol. The molecule has 0 fully saturated rings. The Morgan fingerprint density at radius 1 is 1.41 bits per heavy atom. The molecule has 2 atom stereocenters. The number of carbonyl (C=O) groups excluding carboxylic acids is 1. The van der Waals surface area contributed by atoms with Crippen molar-refractivity contribution in [3.8, 4) is 6.07 Å². The molecule has 29 heavy (non-hydrogen) atoms. The first-order valence-electron chi connectivity index (χ1n) is 9.57. The summed E-state index contributed by atoms with van der Waals surface area (Å²) < 4.78 is 1.86. The van der Waals surface area contributed by atoms with Crippen molar-refractivity contribution >= 4 is 5.91 Å². The molecule has 5 nitrogen and oxygen atoms in total. The zero-order valence-electron chi connectivity index (χ0n) is 16.5. The van der Waals surface area contributed by atoms with Gasteiger partial charge in [-0.2, -0.15) is 5.26 Å². The average Bonchev–Trinajstić information content (AvgIpc) is 3.40. The Balaban J connectivity index is 1.64. The van der Waals surface area contributed by atoms with Crippen molar-refractivity contribution in [2.24, 2.45) is 0 Å². The fourth-order valence-corrected chi connectivity index (χ4v) is 3.45. The zero-order valence-corrected chi connectivity index (χ0v) is 16.5. The smallest absolute Gasteiger partial charge is 0.244 e. The third-order valence-corrected chi connectivity index (χ3v) is 4.92. The van der Waals surface area contributed by atoms with Gasteiger partial charge in [0, 0.05) is 18.5 Å². The lowest BCUT2D eigenvalue weighted by Crippen LogP contribution is -2.25. The number of nitrogens with zero attached hydrogens (tertiary/aromatic N) is 3. The van der Waals surface area contributed by atoms with Gasteiger partial charge in [-0.05, 0) is 48.6 Å². The number of aryl methyl sites for hydroxylation is 1. The summed E-state index contributed by atoms with van der Waals surface area (Å²) in [4.78, 5) is 16.3. The Bertz CT molecular complexity index is 1010. The molecule has 1 aliphatic carbocycles. The second-order valence-corrected chi connectivity index (χ2v) is 6.99. The lowest BCUT2D eigenvalue weighted by Gasteiger charge is -2.12. The molecule has 1 heterocycles. The van der Waals surface area contributed by atoms with Crippen molar-refractivity contribution < 1.29 is 4.79 Å². The van der Waals surface area contributed by atoms with Crippen LogP contribution in [-0.2, 0) is 11.2 Å². The number of nitrogens with one attached hydrogen (secondary N) is 1. The van der Waals surface area contributed by atoms with E-state index in [2.05, 4.69) is 35.1 Å². The van der Waals surface area contributed by atoms with E-state index in [0.29, 0.717) is 5.57 Å². The van der Waals surface area contributed by atoms with Crippen molar-refractivity contribution in [2.45, 2.75) is 31.8 Å². The summed E-state index contributed by atoms with van der Waals surface area (Å²) in [6.45, 7) is 5.68. The molecule has 0 spiro atoms. The van der Waals surface area contributed by atoms with Crippen LogP contribution >= 0.6 is 0 Å². The van der Waals surface area contributed by atoms with Crippen LogP contribution in [0.15, 0.2) is 91.1 Å². The minimum absolute atomic E-state index is 0.0609. The molecule has 1 amide bonds. The number of rotatable bonds is 7. The van der Waals surface area contributed by atoms with Crippen LogP contribution in [0, 0.1) is 11.3 Å². The van der Waals surface area contributed by atoms with Crippen molar-refractivity contribution in [3.63, 3.8) is 0 Å². The number of amides is 1. The molecule has 1 N–H and O–H groups in total. The quantitative estimate of drug-likeness (QED) is 0.334. The second-order valence-electron chi connectivity index (χ2n) is 6.99. The summed E-state index contributed by atoms with van der Waals surface area (Å²) in [5.41, 5.74) is 3.81. The molecule has 3 rings (SSSR count). The highest BCUT2D eigenvalue weighted by Crippen LogP contribution is 2.30. The van der Waals surface area contributed by atoms with Crippen molar-refractivity contribution in [1.29, 1.82) is 5.26 Å². The minimum Gasteiger partial charge on any atom is -0.346 e. The monoisotopic (exact) mass is 384 g/mol. The number of aromatic nitrogens is 2. The van der Waals surface area contributed by atoms with Gasteiger partial charge in [0.25, 0.3) is 0 Å². The van der Waals surface area contributed by atoms with E-state index in [1.165, 1.54) is 17.2 Å². The molecule has 0 radical (unpaired) electrons. The van der Waals surface area contributed by atoms with Gasteiger partial charge in [0.1, 0.15) is 0 Å². The lowest BCUT2D eigenvalue weighted by atomic mass is 10.1. The van der Waals surface area contributed by atoms with Crippen LogP contribution in [0.4, 0.5) is 0 Å². The van der Waals surface area contributed by atoms with Crippen LogP contribution in [-0.4, -0.2) is 15.5 Å². The molecular weight excluding hydrogens is 360 g/mol. The first-order valence-corrected chi connectivity index (χ1v) is 9.57. The molecule has 146 valence electrons. The largest absolute Gasteiger partial charge is 0.346 e. The van der Waals surface area contributed by atoms with E-state index in [1.54, 1.807) is 30.8 Å². The predicted octanol–water partition coefficient (Wildman–Crippen LogP) is 4.37. The summed E-state index contributed by atoms with van der Waals surface area (Å²) in [6, 6.07) is 10.3. The van der Waals surface area contributed by atoms with Crippen LogP contribution < -0.4 is 5.32 Å². The Morgan fingerprint density at radius 3 is 2.97 bits per heavy atom. The molecule has 2 aromatic rings. The first-order chi connectivity index (χ1) is 14.1. The molecule has 2 unspecified atom stereocenters. The molecule has 0 saturated heterocycles. The molecule has 5 heteroatoms. The summed E-state index contributed by atoms with van der Waals surface area (Å²) in [7, 11) is 0. The van der Waals surface area contributed by atoms with E-state index < -0.39 is 0 Å². The van der Waals surface area contributed by atoms with E-state index in [-0.39, 0.29) is 18.0 Å². The SMILES string of the molecule is C=CC(C=C(C#N)/C=C(C)/C=C/C(=O)NC1CCc2ccccc21)n1ccnc1. The second kappa shape index (κ2) is 9.52. The highest BCUT2D eigenvalue weighted by atomic mass is 16.1. The van der Waals surface area contributed by atoms with Gasteiger partial charge in [-0.3, -0.25) is 4.79 Å². The van der Waals surface area contributed by atoms with E-state index in [0.717, 1.165) is 18.4 Å². The first kappa shape index (κ1) is 20.1. The van der Waals surface area contributed by atoms with Crippen LogP contribution in [0.2, 0.25) is 0 Å². The number of carbonyl (C=O) groups is 1. The molecular formula is C24H24N4O. The molecule has 0 aliphatic heterocycles. The van der Waals surface area contributed by atoms with Crippen molar-refractivity contribution in [3.05, 3.63) is 102 Å². The summed E-state index contributed by atoms with van der Waals surface area (Å²) in [5, 5.41) is 12.5. The standard InChI is InChI=1S/C24H24N4O/c1-3-21(28-13-12-26-17-28)15-19(16-25)14-18(2)8-11-24(29)27-23-10-9-20-6-4-5-7-22(20)23/h3-8,11-15,17,21,23H,1,9-10H2,2H3,(H,27,29)/b11-8+,18-14+,19-15?. The number of benzene rings is 1.